The molecule has 58 valence electrons. The minimum Gasteiger partial charge on any atom is -0.501 e. The zero-order valence-electron chi connectivity index (χ0n) is 6.08. The van der Waals surface area contributed by atoms with E-state index < -0.39 is 0 Å². The summed E-state index contributed by atoms with van der Waals surface area (Å²) in [5.74, 6) is 1.02. The third kappa shape index (κ3) is 1.67. The summed E-state index contributed by atoms with van der Waals surface area (Å²) in [4.78, 5) is 0. The number of ether oxygens (including phenoxy) is 1. The molecule has 0 radical (unpaired) electrons. The average molecular weight is 159 g/mol. The van der Waals surface area contributed by atoms with Gasteiger partial charge in [0.05, 0.1) is 12.9 Å². The lowest BCUT2D eigenvalue weighted by Gasteiger charge is -2.23. The van der Waals surface area contributed by atoms with Gasteiger partial charge >= 0.3 is 0 Å². The average Bonchev–Trinajstić information content (AvgIpc) is 1.95. The van der Waals surface area contributed by atoms with Gasteiger partial charge in [-0.25, -0.2) is 0 Å². The van der Waals surface area contributed by atoms with Gasteiger partial charge < -0.3 is 10.5 Å². The van der Waals surface area contributed by atoms with Crippen LogP contribution in [0.1, 0.15) is 12.8 Å². The topological polar surface area (TPSA) is 35.2 Å². The van der Waals surface area contributed by atoms with E-state index in [2.05, 4.69) is 12.6 Å². The monoisotopic (exact) mass is 159 g/mol. The summed E-state index contributed by atoms with van der Waals surface area (Å²) in [5, 5.41) is 0.264. The van der Waals surface area contributed by atoms with Crippen molar-refractivity contribution in [2.45, 2.75) is 24.1 Å². The van der Waals surface area contributed by atoms with Crippen LogP contribution in [0.25, 0.3) is 0 Å². The lowest BCUT2D eigenvalue weighted by molar-refractivity contribution is 0.265. The fourth-order valence-corrected chi connectivity index (χ4v) is 1.33. The van der Waals surface area contributed by atoms with Crippen molar-refractivity contribution in [3.8, 4) is 0 Å². The molecule has 2 unspecified atom stereocenters. The highest BCUT2D eigenvalue weighted by Crippen LogP contribution is 2.21. The van der Waals surface area contributed by atoms with Crippen LogP contribution in [0.3, 0.4) is 0 Å². The van der Waals surface area contributed by atoms with Crippen molar-refractivity contribution in [2.75, 3.05) is 7.11 Å². The van der Waals surface area contributed by atoms with Gasteiger partial charge in [0.1, 0.15) is 0 Å². The van der Waals surface area contributed by atoms with Crippen molar-refractivity contribution < 1.29 is 4.74 Å². The quantitative estimate of drug-likeness (QED) is 0.558. The molecule has 10 heavy (non-hydrogen) atoms. The summed E-state index contributed by atoms with van der Waals surface area (Å²) in [5.41, 5.74) is 5.72. The van der Waals surface area contributed by atoms with E-state index in [1.807, 2.05) is 6.08 Å². The Morgan fingerprint density at radius 2 is 2.50 bits per heavy atom. The van der Waals surface area contributed by atoms with Gasteiger partial charge in [-0.1, -0.05) is 0 Å². The first-order valence-electron chi connectivity index (χ1n) is 3.40. The lowest BCUT2D eigenvalue weighted by atomic mass is 10.0. The normalized spacial score (nSPS) is 33.3. The molecule has 0 heterocycles. The summed E-state index contributed by atoms with van der Waals surface area (Å²) >= 11 is 4.32. The Labute approximate surface area is 66.8 Å². The number of thiol groups is 1. The van der Waals surface area contributed by atoms with Crippen molar-refractivity contribution in [2.24, 2.45) is 5.73 Å². The highest BCUT2D eigenvalue weighted by Gasteiger charge is 2.19. The minimum atomic E-state index is 0.197. The van der Waals surface area contributed by atoms with Crippen LogP contribution in [0, 0.1) is 0 Å². The Balaban J connectivity index is 2.52. The molecule has 1 rings (SSSR count). The van der Waals surface area contributed by atoms with Crippen molar-refractivity contribution in [3.05, 3.63) is 11.8 Å². The van der Waals surface area contributed by atoms with Gasteiger partial charge in [-0.2, -0.15) is 12.6 Å². The number of rotatable bonds is 1. The second-order valence-electron chi connectivity index (χ2n) is 2.55. The second-order valence-corrected chi connectivity index (χ2v) is 3.21. The Kier molecular flexibility index (Phi) is 2.63. The first kappa shape index (κ1) is 7.95. The van der Waals surface area contributed by atoms with E-state index in [0.29, 0.717) is 0 Å². The number of hydrogen-bond acceptors (Lipinski definition) is 3. The maximum Gasteiger partial charge on any atom is 0.0927 e. The minimum absolute atomic E-state index is 0.197. The smallest absolute Gasteiger partial charge is 0.0927 e. The Hall–Kier alpha value is -0.150. The zero-order valence-corrected chi connectivity index (χ0v) is 6.97. The molecule has 1 aliphatic carbocycles. The summed E-state index contributed by atoms with van der Waals surface area (Å²) < 4.78 is 5.07. The van der Waals surface area contributed by atoms with Gasteiger partial charge in [-0.3, -0.25) is 0 Å². The number of methoxy groups -OCH3 is 1. The molecule has 1 aliphatic rings. The van der Waals surface area contributed by atoms with E-state index in [1.165, 1.54) is 0 Å². The van der Waals surface area contributed by atoms with E-state index in [4.69, 9.17) is 10.5 Å². The van der Waals surface area contributed by atoms with Crippen LogP contribution >= 0.6 is 12.6 Å². The predicted octanol–water partition coefficient (Wildman–Crippen LogP) is 0.936. The van der Waals surface area contributed by atoms with E-state index in [9.17, 15) is 0 Å². The van der Waals surface area contributed by atoms with Crippen molar-refractivity contribution >= 4 is 12.6 Å². The zero-order chi connectivity index (χ0) is 7.56. The molecule has 0 saturated heterocycles. The van der Waals surface area contributed by atoms with Gasteiger partial charge in [-0.05, 0) is 12.5 Å². The summed E-state index contributed by atoms with van der Waals surface area (Å²) in [6.45, 7) is 0. The second kappa shape index (κ2) is 3.30. The fourth-order valence-electron chi connectivity index (χ4n) is 1.03. The molecular weight excluding hydrogens is 146 g/mol. The van der Waals surface area contributed by atoms with Crippen LogP contribution in [0.15, 0.2) is 11.8 Å². The molecule has 0 aromatic heterocycles. The molecule has 2 nitrogen and oxygen atoms in total. The SMILES string of the molecule is COC1=CCC(N)C(S)C1. The summed E-state index contributed by atoms with van der Waals surface area (Å²) in [6.07, 6.45) is 3.79. The molecule has 0 aromatic carbocycles. The Bertz CT molecular complexity index is 147. The lowest BCUT2D eigenvalue weighted by Crippen LogP contribution is -2.33. The van der Waals surface area contributed by atoms with Gasteiger partial charge in [0.2, 0.25) is 0 Å². The number of allylic oxidation sites excluding steroid dienone is 1. The van der Waals surface area contributed by atoms with E-state index in [1.54, 1.807) is 7.11 Å². The Morgan fingerprint density at radius 1 is 1.80 bits per heavy atom. The van der Waals surface area contributed by atoms with Gasteiger partial charge in [0.25, 0.3) is 0 Å². The largest absolute Gasteiger partial charge is 0.501 e. The van der Waals surface area contributed by atoms with Crippen LogP contribution in [0.5, 0.6) is 0 Å². The molecule has 0 aromatic rings. The molecule has 3 heteroatoms. The van der Waals surface area contributed by atoms with Crippen LogP contribution in [-0.4, -0.2) is 18.4 Å². The van der Waals surface area contributed by atoms with Gasteiger partial charge in [0, 0.05) is 17.7 Å². The fraction of sp³-hybridized carbons (Fsp3) is 0.714. The van der Waals surface area contributed by atoms with Gasteiger partial charge in [-0.15, -0.1) is 0 Å². The molecule has 0 fully saturated rings. The van der Waals surface area contributed by atoms with Crippen molar-refractivity contribution in [1.82, 2.24) is 0 Å². The standard InChI is InChI=1S/C7H13NOS/c1-9-5-2-3-6(8)7(10)4-5/h2,6-7,10H,3-4,8H2,1H3. The van der Waals surface area contributed by atoms with Crippen LogP contribution in [0.2, 0.25) is 0 Å². The number of hydrogen-bond donors (Lipinski definition) is 2. The third-order valence-electron chi connectivity index (χ3n) is 1.78. The highest BCUT2D eigenvalue weighted by atomic mass is 32.1. The van der Waals surface area contributed by atoms with E-state index >= 15 is 0 Å². The van der Waals surface area contributed by atoms with E-state index in [-0.39, 0.29) is 11.3 Å². The molecule has 0 aliphatic heterocycles. The Morgan fingerprint density at radius 3 is 3.00 bits per heavy atom. The maximum absolute atomic E-state index is 5.72. The third-order valence-corrected chi connectivity index (χ3v) is 2.35. The molecule has 0 amide bonds. The number of nitrogens with two attached hydrogens (primary N) is 1. The predicted molar refractivity (Wildman–Crippen MR) is 45.1 cm³/mol. The molecule has 2 atom stereocenters. The summed E-state index contributed by atoms with van der Waals surface area (Å²) in [7, 11) is 1.68. The van der Waals surface area contributed by atoms with Gasteiger partial charge in [0.15, 0.2) is 0 Å². The molecule has 0 saturated carbocycles. The molecule has 0 bridgehead atoms. The van der Waals surface area contributed by atoms with E-state index in [0.717, 1.165) is 18.6 Å². The van der Waals surface area contributed by atoms with Crippen LogP contribution in [0.4, 0.5) is 0 Å². The first-order chi connectivity index (χ1) is 4.74. The van der Waals surface area contributed by atoms with Crippen molar-refractivity contribution in [1.29, 1.82) is 0 Å². The molecular formula is C7H13NOS. The molecule has 2 N–H and O–H groups in total. The van der Waals surface area contributed by atoms with Crippen molar-refractivity contribution in [3.63, 3.8) is 0 Å². The summed E-state index contributed by atoms with van der Waals surface area (Å²) in [6, 6.07) is 0.197. The van der Waals surface area contributed by atoms with Crippen LogP contribution in [-0.2, 0) is 4.74 Å². The maximum atomic E-state index is 5.72. The molecule has 0 spiro atoms. The highest BCUT2D eigenvalue weighted by molar-refractivity contribution is 7.81. The first-order valence-corrected chi connectivity index (χ1v) is 3.92. The van der Waals surface area contributed by atoms with Crippen LogP contribution < -0.4 is 5.73 Å².